The van der Waals surface area contributed by atoms with Gasteiger partial charge >= 0.3 is 39.1 Å². The van der Waals surface area contributed by atoms with E-state index in [0.717, 1.165) is 0 Å². The summed E-state index contributed by atoms with van der Waals surface area (Å²) >= 11 is 0. The van der Waals surface area contributed by atoms with Crippen LogP contribution in [0.25, 0.3) is 0 Å². The third-order valence-electron chi connectivity index (χ3n) is 3.21. The summed E-state index contributed by atoms with van der Waals surface area (Å²) in [5.41, 5.74) is 0. The summed E-state index contributed by atoms with van der Waals surface area (Å²) in [5, 5.41) is 29.7. The van der Waals surface area contributed by atoms with Gasteiger partial charge in [0.05, 0.1) is 0 Å². The monoisotopic (exact) mass is 580 g/mol. The molecule has 11 N–H and O–H groups in total. The summed E-state index contributed by atoms with van der Waals surface area (Å²) in [6.45, 7) is 0. The largest absolute Gasteiger partial charge is 0.481 e. The normalized spacial score (nSPS) is 34.0. The Morgan fingerprint density at radius 1 is 0.438 bits per heavy atom. The minimum absolute atomic E-state index is 2.59. The zero-order valence-corrected chi connectivity index (χ0v) is 19.2. The van der Waals surface area contributed by atoms with E-state index in [4.69, 9.17) is 29.4 Å². The second kappa shape index (κ2) is 10.2. The van der Waals surface area contributed by atoms with Crippen molar-refractivity contribution in [2.45, 2.75) is 36.6 Å². The SMILES string of the molecule is O=P(O)(O)O[C@H]1[C@H](O)[C@H](O)[C@H](O)[C@@H](OP(=O)(O)OP(=O)(O)O)[C@@H]1OP(=O)(O)OP(=O)(O)O. The van der Waals surface area contributed by atoms with Gasteiger partial charge in [0.15, 0.2) is 0 Å². The third kappa shape index (κ3) is 10.0. The van der Waals surface area contributed by atoms with Crippen LogP contribution in [0.1, 0.15) is 0 Å². The standard InChI is InChI=1S/C6H17O21P5/c7-1-2(8)4(23-28(10,11)12)6(25-32(21,22)27-30(16,17)18)5(3(1)9)24-31(19,20)26-29(13,14)15/h1-9H,(H,19,20)(H,21,22)(H2,10,11,12)(H2,13,14,15)(H2,16,17,18)/t1-,2+,3-,4-,5+,6+/m0/s1. The van der Waals surface area contributed by atoms with Gasteiger partial charge < -0.3 is 54.5 Å². The first kappa shape index (κ1) is 30.5. The molecule has 192 valence electrons. The quantitative estimate of drug-likeness (QED) is 0.113. The number of hydrogen-bond acceptors (Lipinski definition) is 13. The topological polar surface area (TPSA) is 354 Å². The molecular weight excluding hydrogens is 563 g/mol. The minimum atomic E-state index is -6.05. The molecule has 0 heterocycles. The van der Waals surface area contributed by atoms with Gasteiger partial charge in [-0.1, -0.05) is 0 Å². The average Bonchev–Trinajstić information content (AvgIpc) is 2.47. The van der Waals surface area contributed by atoms with Crippen molar-refractivity contribution in [3.05, 3.63) is 0 Å². The molecule has 32 heavy (non-hydrogen) atoms. The molecule has 0 aromatic carbocycles. The van der Waals surface area contributed by atoms with Gasteiger partial charge in [-0.2, -0.15) is 8.62 Å². The fraction of sp³-hybridized carbons (Fsp3) is 1.00. The van der Waals surface area contributed by atoms with E-state index in [1.54, 1.807) is 0 Å². The van der Waals surface area contributed by atoms with Gasteiger partial charge in [0, 0.05) is 0 Å². The maximum atomic E-state index is 11.8. The van der Waals surface area contributed by atoms with Crippen molar-refractivity contribution >= 4 is 39.1 Å². The van der Waals surface area contributed by atoms with E-state index in [0.29, 0.717) is 0 Å². The number of phosphoric acid groups is 5. The molecule has 1 saturated carbocycles. The average molecular weight is 580 g/mol. The molecule has 0 radical (unpaired) electrons. The van der Waals surface area contributed by atoms with Crippen LogP contribution in [0.5, 0.6) is 0 Å². The Balaban J connectivity index is 3.49. The summed E-state index contributed by atoms with van der Waals surface area (Å²) in [5.74, 6) is 0. The number of phosphoric ester groups is 3. The van der Waals surface area contributed by atoms with Gasteiger partial charge in [-0.15, -0.1) is 0 Å². The molecule has 0 aromatic heterocycles. The van der Waals surface area contributed by atoms with Gasteiger partial charge in [0.1, 0.15) is 36.6 Å². The molecular formula is C6H17O21P5. The molecule has 0 aliphatic heterocycles. The highest BCUT2D eigenvalue weighted by Gasteiger charge is 2.58. The van der Waals surface area contributed by atoms with Crippen molar-refractivity contribution < 1.29 is 99.5 Å². The third-order valence-corrected chi connectivity index (χ3v) is 8.10. The molecule has 8 atom stereocenters. The zero-order chi connectivity index (χ0) is 25.5. The summed E-state index contributed by atoms with van der Waals surface area (Å²) in [4.78, 5) is 71.2. The lowest BCUT2D eigenvalue weighted by Crippen LogP contribution is -2.65. The van der Waals surface area contributed by atoms with E-state index in [1.807, 2.05) is 0 Å². The van der Waals surface area contributed by atoms with Crippen molar-refractivity contribution in [2.24, 2.45) is 0 Å². The highest BCUT2D eigenvalue weighted by atomic mass is 31.3. The Kier molecular flexibility index (Phi) is 9.78. The molecule has 1 rings (SSSR count). The lowest BCUT2D eigenvalue weighted by atomic mass is 9.85. The van der Waals surface area contributed by atoms with E-state index in [-0.39, 0.29) is 0 Å². The fourth-order valence-corrected chi connectivity index (χ4v) is 6.42. The Morgan fingerprint density at radius 3 is 1.06 bits per heavy atom. The Hall–Kier alpha value is 0.510. The van der Waals surface area contributed by atoms with Crippen LogP contribution < -0.4 is 0 Å². The van der Waals surface area contributed by atoms with Crippen LogP contribution in [0.3, 0.4) is 0 Å². The maximum Gasteiger partial charge on any atom is 0.481 e. The highest BCUT2D eigenvalue weighted by Crippen LogP contribution is 2.62. The molecule has 2 unspecified atom stereocenters. The van der Waals surface area contributed by atoms with Crippen molar-refractivity contribution in [1.82, 2.24) is 0 Å². The van der Waals surface area contributed by atoms with E-state index >= 15 is 0 Å². The predicted molar refractivity (Wildman–Crippen MR) is 90.6 cm³/mol. The molecule has 21 nitrogen and oxygen atoms in total. The number of rotatable bonds is 10. The number of hydrogen-bond donors (Lipinski definition) is 11. The van der Waals surface area contributed by atoms with Crippen molar-refractivity contribution in [1.29, 1.82) is 0 Å². The fourth-order valence-electron chi connectivity index (χ4n) is 2.30. The highest BCUT2D eigenvalue weighted by molar-refractivity contribution is 7.61. The molecule has 1 fully saturated rings. The summed E-state index contributed by atoms with van der Waals surface area (Å²) in [6.07, 6.45) is -16.5. The summed E-state index contributed by atoms with van der Waals surface area (Å²) < 4.78 is 75.5. The predicted octanol–water partition coefficient (Wildman–Crippen LogP) is -3.25. The van der Waals surface area contributed by atoms with Crippen LogP contribution in [-0.4, -0.2) is 91.1 Å². The van der Waals surface area contributed by atoms with Gasteiger partial charge in [-0.25, -0.2) is 22.8 Å². The van der Waals surface area contributed by atoms with Crippen LogP contribution in [0.4, 0.5) is 0 Å². The molecule has 0 bridgehead atoms. The first-order valence-electron chi connectivity index (χ1n) is 7.27. The second-order valence-corrected chi connectivity index (χ2v) is 12.5. The van der Waals surface area contributed by atoms with Crippen LogP contribution in [-0.2, 0) is 45.0 Å². The molecule has 1 aliphatic rings. The van der Waals surface area contributed by atoms with E-state index in [2.05, 4.69) is 22.2 Å². The Bertz CT molecular complexity index is 896. The Morgan fingerprint density at radius 2 is 0.750 bits per heavy atom. The van der Waals surface area contributed by atoms with Crippen molar-refractivity contribution in [2.75, 3.05) is 0 Å². The lowest BCUT2D eigenvalue weighted by molar-refractivity contribution is -0.212. The minimum Gasteiger partial charge on any atom is -0.387 e. The first-order valence-corrected chi connectivity index (χ1v) is 14.9. The molecule has 0 saturated heterocycles. The molecule has 0 spiro atoms. The van der Waals surface area contributed by atoms with Gasteiger partial charge in [-0.3, -0.25) is 13.6 Å². The second-order valence-electron chi connectivity index (χ2n) is 5.75. The van der Waals surface area contributed by atoms with Gasteiger partial charge in [0.2, 0.25) is 0 Å². The van der Waals surface area contributed by atoms with Crippen LogP contribution in [0, 0.1) is 0 Å². The number of aliphatic hydroxyl groups excluding tert-OH is 3. The zero-order valence-electron chi connectivity index (χ0n) is 14.7. The molecule has 0 amide bonds. The number of aliphatic hydroxyl groups is 3. The van der Waals surface area contributed by atoms with Crippen molar-refractivity contribution in [3.8, 4) is 0 Å². The van der Waals surface area contributed by atoms with Gasteiger partial charge in [0.25, 0.3) is 0 Å². The Labute approximate surface area is 176 Å². The lowest BCUT2D eigenvalue weighted by Gasteiger charge is -2.44. The molecule has 26 heteroatoms. The maximum absolute atomic E-state index is 11.8. The van der Waals surface area contributed by atoms with Crippen molar-refractivity contribution in [3.63, 3.8) is 0 Å². The van der Waals surface area contributed by atoms with Crippen LogP contribution in [0.2, 0.25) is 0 Å². The first-order chi connectivity index (χ1) is 13.9. The van der Waals surface area contributed by atoms with E-state index < -0.39 is 75.7 Å². The van der Waals surface area contributed by atoms with E-state index in [1.165, 1.54) is 0 Å². The van der Waals surface area contributed by atoms with Crippen LogP contribution >= 0.6 is 39.1 Å². The van der Waals surface area contributed by atoms with Gasteiger partial charge in [-0.05, 0) is 0 Å². The smallest absolute Gasteiger partial charge is 0.387 e. The molecule has 0 aromatic rings. The molecule has 1 aliphatic carbocycles. The van der Waals surface area contributed by atoms with Crippen LogP contribution in [0.15, 0.2) is 0 Å². The summed E-state index contributed by atoms with van der Waals surface area (Å²) in [7, 11) is -29.4. The summed E-state index contributed by atoms with van der Waals surface area (Å²) in [6, 6.07) is 0. The van der Waals surface area contributed by atoms with E-state index in [9.17, 15) is 47.9 Å².